The van der Waals surface area contributed by atoms with Crippen LogP contribution in [0.4, 0.5) is 0 Å². The summed E-state index contributed by atoms with van der Waals surface area (Å²) in [5.74, 6) is 0.521. The predicted octanol–water partition coefficient (Wildman–Crippen LogP) is 1.43. The standard InChI is InChI=1S/C9H18O2/c1-9(2,3)7-4-5-11-8(7)6-10/h7-8,10H,4-6H2,1-3H3. The molecule has 1 aliphatic rings. The highest BCUT2D eigenvalue weighted by Crippen LogP contribution is 2.36. The Morgan fingerprint density at radius 1 is 1.45 bits per heavy atom. The van der Waals surface area contributed by atoms with E-state index in [-0.39, 0.29) is 18.1 Å². The Balaban J connectivity index is 2.57. The van der Waals surface area contributed by atoms with Crippen LogP contribution >= 0.6 is 0 Å². The van der Waals surface area contributed by atoms with Crippen LogP contribution in [0.5, 0.6) is 0 Å². The first kappa shape index (κ1) is 9.01. The van der Waals surface area contributed by atoms with Crippen LogP contribution < -0.4 is 0 Å². The molecular weight excluding hydrogens is 140 g/mol. The molecule has 0 aromatic carbocycles. The van der Waals surface area contributed by atoms with E-state index in [9.17, 15) is 0 Å². The molecule has 0 aromatic rings. The second-order valence-electron chi connectivity index (χ2n) is 4.35. The third-order valence-corrected chi connectivity index (χ3v) is 2.50. The first-order chi connectivity index (χ1) is 5.05. The van der Waals surface area contributed by atoms with Gasteiger partial charge in [0.25, 0.3) is 0 Å². The zero-order valence-corrected chi connectivity index (χ0v) is 7.63. The van der Waals surface area contributed by atoms with Crippen molar-refractivity contribution in [3.05, 3.63) is 0 Å². The maximum atomic E-state index is 8.97. The summed E-state index contributed by atoms with van der Waals surface area (Å²) >= 11 is 0. The molecule has 0 saturated carbocycles. The van der Waals surface area contributed by atoms with Crippen molar-refractivity contribution < 1.29 is 9.84 Å². The van der Waals surface area contributed by atoms with Crippen LogP contribution in [0.3, 0.4) is 0 Å². The van der Waals surface area contributed by atoms with Gasteiger partial charge in [0.1, 0.15) is 0 Å². The molecule has 1 aliphatic heterocycles. The molecule has 2 heteroatoms. The maximum Gasteiger partial charge on any atom is 0.0839 e. The molecule has 0 amide bonds. The van der Waals surface area contributed by atoms with Crippen LogP contribution in [0.15, 0.2) is 0 Å². The minimum absolute atomic E-state index is 0.0787. The van der Waals surface area contributed by atoms with E-state index in [1.54, 1.807) is 0 Å². The second-order valence-corrected chi connectivity index (χ2v) is 4.35. The first-order valence-electron chi connectivity index (χ1n) is 4.28. The lowest BCUT2D eigenvalue weighted by Gasteiger charge is -2.29. The highest BCUT2D eigenvalue weighted by Gasteiger charge is 2.36. The topological polar surface area (TPSA) is 29.5 Å². The van der Waals surface area contributed by atoms with Gasteiger partial charge in [-0.25, -0.2) is 0 Å². The van der Waals surface area contributed by atoms with Gasteiger partial charge < -0.3 is 9.84 Å². The van der Waals surface area contributed by atoms with Crippen molar-refractivity contribution >= 4 is 0 Å². The van der Waals surface area contributed by atoms with E-state index in [1.165, 1.54) is 0 Å². The zero-order valence-electron chi connectivity index (χ0n) is 7.63. The lowest BCUT2D eigenvalue weighted by atomic mass is 9.77. The molecule has 1 saturated heterocycles. The Labute approximate surface area is 68.6 Å². The van der Waals surface area contributed by atoms with Crippen molar-refractivity contribution in [2.24, 2.45) is 11.3 Å². The van der Waals surface area contributed by atoms with Gasteiger partial charge in [-0.15, -0.1) is 0 Å². The number of rotatable bonds is 1. The maximum absolute atomic E-state index is 8.97. The lowest BCUT2D eigenvalue weighted by Crippen LogP contribution is -2.30. The molecule has 66 valence electrons. The average Bonchev–Trinajstić information content (AvgIpc) is 2.31. The van der Waals surface area contributed by atoms with Gasteiger partial charge in [-0.3, -0.25) is 0 Å². The molecule has 0 aliphatic carbocycles. The Hall–Kier alpha value is -0.0800. The quantitative estimate of drug-likeness (QED) is 0.625. The zero-order chi connectivity index (χ0) is 8.48. The van der Waals surface area contributed by atoms with Crippen LogP contribution in [0.25, 0.3) is 0 Å². The Bertz CT molecular complexity index is 126. The molecule has 0 spiro atoms. The SMILES string of the molecule is CC(C)(C)C1CCOC1CO. The summed E-state index contributed by atoms with van der Waals surface area (Å²) in [5, 5.41) is 8.97. The third-order valence-electron chi connectivity index (χ3n) is 2.50. The molecule has 2 nitrogen and oxygen atoms in total. The number of hydrogen-bond donors (Lipinski definition) is 1. The minimum atomic E-state index is 0.0787. The fourth-order valence-corrected chi connectivity index (χ4v) is 1.82. The smallest absolute Gasteiger partial charge is 0.0839 e. The fourth-order valence-electron chi connectivity index (χ4n) is 1.82. The minimum Gasteiger partial charge on any atom is -0.394 e. The van der Waals surface area contributed by atoms with E-state index >= 15 is 0 Å². The molecule has 0 aromatic heterocycles. The molecule has 2 atom stereocenters. The van der Waals surface area contributed by atoms with Gasteiger partial charge in [-0.05, 0) is 17.8 Å². The fraction of sp³-hybridized carbons (Fsp3) is 1.00. The van der Waals surface area contributed by atoms with Crippen molar-refractivity contribution in [2.45, 2.75) is 33.3 Å². The molecule has 1 N–H and O–H groups in total. The van der Waals surface area contributed by atoms with Gasteiger partial charge in [0.2, 0.25) is 0 Å². The summed E-state index contributed by atoms with van der Waals surface area (Å²) in [6.07, 6.45) is 1.17. The number of aliphatic hydroxyl groups is 1. The predicted molar refractivity (Wildman–Crippen MR) is 44.4 cm³/mol. The van der Waals surface area contributed by atoms with Crippen LogP contribution in [0, 0.1) is 11.3 Å². The largest absolute Gasteiger partial charge is 0.394 e. The molecule has 1 fully saturated rings. The summed E-state index contributed by atoms with van der Waals surface area (Å²) in [5.41, 5.74) is 0.268. The van der Waals surface area contributed by atoms with E-state index in [4.69, 9.17) is 9.84 Å². The van der Waals surface area contributed by atoms with Gasteiger partial charge in [-0.2, -0.15) is 0 Å². The number of ether oxygens (including phenoxy) is 1. The molecule has 1 heterocycles. The van der Waals surface area contributed by atoms with E-state index in [0.717, 1.165) is 13.0 Å². The normalized spacial score (nSPS) is 32.7. The van der Waals surface area contributed by atoms with Gasteiger partial charge in [-0.1, -0.05) is 20.8 Å². The van der Waals surface area contributed by atoms with Crippen molar-refractivity contribution in [1.29, 1.82) is 0 Å². The summed E-state index contributed by atoms with van der Waals surface area (Å²) in [4.78, 5) is 0. The Morgan fingerprint density at radius 2 is 2.09 bits per heavy atom. The van der Waals surface area contributed by atoms with Gasteiger partial charge in [0, 0.05) is 6.61 Å². The molecule has 1 rings (SSSR count). The van der Waals surface area contributed by atoms with E-state index in [1.807, 2.05) is 0 Å². The summed E-state index contributed by atoms with van der Waals surface area (Å²) in [6.45, 7) is 7.59. The van der Waals surface area contributed by atoms with Crippen molar-refractivity contribution in [3.8, 4) is 0 Å². The van der Waals surface area contributed by atoms with Crippen molar-refractivity contribution in [2.75, 3.05) is 13.2 Å². The van der Waals surface area contributed by atoms with Crippen LogP contribution in [0.2, 0.25) is 0 Å². The lowest BCUT2D eigenvalue weighted by molar-refractivity contribution is 0.0147. The third kappa shape index (κ3) is 1.94. The highest BCUT2D eigenvalue weighted by atomic mass is 16.5. The monoisotopic (exact) mass is 158 g/mol. The second kappa shape index (κ2) is 3.11. The van der Waals surface area contributed by atoms with E-state index < -0.39 is 0 Å². The molecule has 0 radical (unpaired) electrons. The van der Waals surface area contributed by atoms with Crippen LogP contribution in [-0.2, 0) is 4.74 Å². The summed E-state index contributed by atoms with van der Waals surface area (Å²) < 4.78 is 5.39. The van der Waals surface area contributed by atoms with Crippen LogP contribution in [0.1, 0.15) is 27.2 Å². The van der Waals surface area contributed by atoms with Crippen molar-refractivity contribution in [1.82, 2.24) is 0 Å². The van der Waals surface area contributed by atoms with E-state index in [2.05, 4.69) is 20.8 Å². The Kier molecular flexibility index (Phi) is 2.55. The van der Waals surface area contributed by atoms with Gasteiger partial charge in [0.15, 0.2) is 0 Å². The molecular formula is C9H18O2. The van der Waals surface area contributed by atoms with Gasteiger partial charge in [0.05, 0.1) is 12.7 Å². The Morgan fingerprint density at radius 3 is 2.45 bits per heavy atom. The first-order valence-corrected chi connectivity index (χ1v) is 4.28. The summed E-state index contributed by atoms with van der Waals surface area (Å²) in [6, 6.07) is 0. The highest BCUT2D eigenvalue weighted by molar-refractivity contribution is 4.84. The summed E-state index contributed by atoms with van der Waals surface area (Å²) in [7, 11) is 0. The molecule has 0 bridgehead atoms. The van der Waals surface area contributed by atoms with Crippen molar-refractivity contribution in [3.63, 3.8) is 0 Å². The number of aliphatic hydroxyl groups excluding tert-OH is 1. The average molecular weight is 158 g/mol. The number of hydrogen-bond acceptors (Lipinski definition) is 2. The molecule has 11 heavy (non-hydrogen) atoms. The van der Waals surface area contributed by atoms with Crippen LogP contribution in [-0.4, -0.2) is 24.4 Å². The van der Waals surface area contributed by atoms with E-state index in [0.29, 0.717) is 5.92 Å². The molecule has 2 unspecified atom stereocenters. The van der Waals surface area contributed by atoms with Gasteiger partial charge >= 0.3 is 0 Å².